The topological polar surface area (TPSA) is 55.1 Å². The average molecular weight is 196 g/mol. The van der Waals surface area contributed by atoms with Gasteiger partial charge in [0.1, 0.15) is 0 Å². The first-order valence-electron chi connectivity index (χ1n) is 4.83. The van der Waals surface area contributed by atoms with E-state index >= 15 is 0 Å². The van der Waals surface area contributed by atoms with Crippen LogP contribution in [0.3, 0.4) is 0 Å². The molecule has 0 aromatic carbocycles. The Morgan fingerprint density at radius 2 is 2.07 bits per heavy atom. The SMILES string of the molecule is C#CC(C)(C)NC(=O)CC(N)C(C)C. The Morgan fingerprint density at radius 1 is 1.57 bits per heavy atom. The highest BCUT2D eigenvalue weighted by Gasteiger charge is 2.19. The van der Waals surface area contributed by atoms with E-state index in [0.29, 0.717) is 12.3 Å². The van der Waals surface area contributed by atoms with E-state index in [1.54, 1.807) is 13.8 Å². The summed E-state index contributed by atoms with van der Waals surface area (Å²) in [5.74, 6) is 2.71. The largest absolute Gasteiger partial charge is 0.340 e. The minimum atomic E-state index is -0.590. The summed E-state index contributed by atoms with van der Waals surface area (Å²) < 4.78 is 0. The van der Waals surface area contributed by atoms with Crippen molar-refractivity contribution in [2.75, 3.05) is 0 Å². The molecular weight excluding hydrogens is 176 g/mol. The Bertz CT molecular complexity index is 238. The second-order valence-corrected chi connectivity index (χ2v) is 4.43. The third kappa shape index (κ3) is 4.88. The molecule has 3 heteroatoms. The lowest BCUT2D eigenvalue weighted by Gasteiger charge is -2.22. The van der Waals surface area contributed by atoms with Crippen LogP contribution in [0.5, 0.6) is 0 Å². The number of carbonyl (C=O) groups excluding carboxylic acids is 1. The van der Waals surface area contributed by atoms with Crippen LogP contribution < -0.4 is 11.1 Å². The van der Waals surface area contributed by atoms with Gasteiger partial charge in [0.25, 0.3) is 0 Å². The first-order chi connectivity index (χ1) is 6.28. The van der Waals surface area contributed by atoms with Crippen LogP contribution in [0.4, 0.5) is 0 Å². The zero-order chi connectivity index (χ0) is 11.4. The van der Waals surface area contributed by atoms with Crippen LogP contribution in [0.25, 0.3) is 0 Å². The number of carbonyl (C=O) groups is 1. The second-order valence-electron chi connectivity index (χ2n) is 4.43. The quantitative estimate of drug-likeness (QED) is 0.656. The molecule has 0 heterocycles. The predicted molar refractivity (Wildman–Crippen MR) is 58.5 cm³/mol. The van der Waals surface area contributed by atoms with E-state index < -0.39 is 5.54 Å². The van der Waals surface area contributed by atoms with Gasteiger partial charge in [-0.05, 0) is 19.8 Å². The Balaban J connectivity index is 4.07. The van der Waals surface area contributed by atoms with Crippen LogP contribution in [-0.2, 0) is 4.79 Å². The summed E-state index contributed by atoms with van der Waals surface area (Å²) in [7, 11) is 0. The molecule has 0 fully saturated rings. The second kappa shape index (κ2) is 5.02. The van der Waals surface area contributed by atoms with E-state index in [-0.39, 0.29) is 11.9 Å². The highest BCUT2D eigenvalue weighted by atomic mass is 16.1. The fourth-order valence-corrected chi connectivity index (χ4v) is 0.885. The molecule has 0 radical (unpaired) electrons. The molecule has 3 N–H and O–H groups in total. The van der Waals surface area contributed by atoms with Crippen molar-refractivity contribution in [1.29, 1.82) is 0 Å². The minimum absolute atomic E-state index is 0.0887. The summed E-state index contributed by atoms with van der Waals surface area (Å²) >= 11 is 0. The molecule has 0 aliphatic heterocycles. The first-order valence-corrected chi connectivity index (χ1v) is 4.83. The van der Waals surface area contributed by atoms with Crippen LogP contribution in [-0.4, -0.2) is 17.5 Å². The number of hydrogen-bond acceptors (Lipinski definition) is 2. The fraction of sp³-hybridized carbons (Fsp3) is 0.727. The average Bonchev–Trinajstić information content (AvgIpc) is 2.02. The predicted octanol–water partition coefficient (Wildman–Crippen LogP) is 0.888. The van der Waals surface area contributed by atoms with Crippen molar-refractivity contribution in [3.8, 4) is 12.3 Å². The van der Waals surface area contributed by atoms with Gasteiger partial charge in [0.15, 0.2) is 0 Å². The van der Waals surface area contributed by atoms with Crippen molar-refractivity contribution < 1.29 is 4.79 Å². The van der Waals surface area contributed by atoms with Gasteiger partial charge in [0.05, 0.1) is 5.54 Å². The van der Waals surface area contributed by atoms with Gasteiger partial charge >= 0.3 is 0 Å². The van der Waals surface area contributed by atoms with Gasteiger partial charge in [-0.15, -0.1) is 6.42 Å². The Hall–Kier alpha value is -1.01. The molecule has 0 spiro atoms. The number of nitrogens with one attached hydrogen (secondary N) is 1. The van der Waals surface area contributed by atoms with E-state index in [1.165, 1.54) is 0 Å². The normalized spacial score (nSPS) is 13.5. The first kappa shape index (κ1) is 13.0. The minimum Gasteiger partial charge on any atom is -0.340 e. The van der Waals surface area contributed by atoms with Crippen molar-refractivity contribution in [3.63, 3.8) is 0 Å². The summed E-state index contributed by atoms with van der Waals surface area (Å²) in [5.41, 5.74) is 5.18. The van der Waals surface area contributed by atoms with Crippen LogP contribution in [0.2, 0.25) is 0 Å². The number of nitrogens with two attached hydrogens (primary N) is 1. The molecule has 14 heavy (non-hydrogen) atoms. The van der Waals surface area contributed by atoms with Crippen molar-refractivity contribution in [2.24, 2.45) is 11.7 Å². The molecule has 0 aromatic rings. The van der Waals surface area contributed by atoms with E-state index in [0.717, 1.165) is 0 Å². The van der Waals surface area contributed by atoms with E-state index in [2.05, 4.69) is 11.2 Å². The van der Waals surface area contributed by atoms with Crippen LogP contribution in [0.1, 0.15) is 34.1 Å². The molecule has 1 amide bonds. The monoisotopic (exact) mass is 196 g/mol. The van der Waals surface area contributed by atoms with Gasteiger partial charge in [-0.3, -0.25) is 4.79 Å². The third-order valence-corrected chi connectivity index (χ3v) is 2.09. The number of terminal acetylenes is 1. The van der Waals surface area contributed by atoms with E-state index in [9.17, 15) is 4.79 Å². The summed E-state index contributed by atoms with van der Waals surface area (Å²) in [4.78, 5) is 11.4. The molecule has 1 atom stereocenters. The summed E-state index contributed by atoms with van der Waals surface area (Å²) in [6.07, 6.45) is 5.57. The van der Waals surface area contributed by atoms with Crippen molar-refractivity contribution in [1.82, 2.24) is 5.32 Å². The van der Waals surface area contributed by atoms with Gasteiger partial charge in [0, 0.05) is 12.5 Å². The zero-order valence-electron chi connectivity index (χ0n) is 9.42. The molecule has 1 unspecified atom stereocenters. The fourth-order valence-electron chi connectivity index (χ4n) is 0.885. The third-order valence-electron chi connectivity index (χ3n) is 2.09. The lowest BCUT2D eigenvalue weighted by Crippen LogP contribution is -2.44. The lowest BCUT2D eigenvalue weighted by atomic mass is 10.0. The molecule has 0 saturated carbocycles. The molecule has 0 aliphatic rings. The van der Waals surface area contributed by atoms with Crippen molar-refractivity contribution in [3.05, 3.63) is 0 Å². The Labute approximate surface area is 86.4 Å². The lowest BCUT2D eigenvalue weighted by molar-refractivity contribution is -0.122. The van der Waals surface area contributed by atoms with Crippen molar-refractivity contribution in [2.45, 2.75) is 45.7 Å². The summed E-state index contributed by atoms with van der Waals surface area (Å²) in [6, 6.07) is -0.108. The maximum atomic E-state index is 11.4. The highest BCUT2D eigenvalue weighted by molar-refractivity contribution is 5.77. The van der Waals surface area contributed by atoms with Gasteiger partial charge in [-0.1, -0.05) is 19.8 Å². The molecule has 80 valence electrons. The Kier molecular flexibility index (Phi) is 4.65. The van der Waals surface area contributed by atoms with Gasteiger partial charge in [-0.25, -0.2) is 0 Å². The standard InChI is InChI=1S/C11H20N2O/c1-6-11(4,5)13-10(14)7-9(12)8(2)3/h1,8-9H,7,12H2,2-5H3,(H,13,14). The molecule has 0 aromatic heterocycles. The molecule has 0 rings (SSSR count). The molecule has 0 bridgehead atoms. The molecule has 0 aliphatic carbocycles. The smallest absolute Gasteiger partial charge is 0.222 e. The van der Waals surface area contributed by atoms with E-state index in [1.807, 2.05) is 13.8 Å². The molecular formula is C11H20N2O. The summed E-state index contributed by atoms with van der Waals surface area (Å²) in [5, 5.41) is 2.74. The zero-order valence-corrected chi connectivity index (χ0v) is 9.42. The Morgan fingerprint density at radius 3 is 2.43 bits per heavy atom. The van der Waals surface area contributed by atoms with Crippen molar-refractivity contribution >= 4 is 5.91 Å². The van der Waals surface area contributed by atoms with E-state index in [4.69, 9.17) is 12.2 Å². The highest BCUT2D eigenvalue weighted by Crippen LogP contribution is 2.05. The molecule has 3 nitrogen and oxygen atoms in total. The van der Waals surface area contributed by atoms with Crippen LogP contribution in [0, 0.1) is 18.3 Å². The number of hydrogen-bond donors (Lipinski definition) is 2. The van der Waals surface area contributed by atoms with Crippen LogP contribution >= 0.6 is 0 Å². The van der Waals surface area contributed by atoms with Gasteiger partial charge in [0.2, 0.25) is 5.91 Å². The maximum absolute atomic E-state index is 11.4. The molecule has 0 saturated heterocycles. The number of rotatable bonds is 4. The van der Waals surface area contributed by atoms with Gasteiger partial charge < -0.3 is 11.1 Å². The summed E-state index contributed by atoms with van der Waals surface area (Å²) in [6.45, 7) is 7.55. The van der Waals surface area contributed by atoms with Crippen LogP contribution in [0.15, 0.2) is 0 Å². The maximum Gasteiger partial charge on any atom is 0.222 e. The number of amides is 1. The van der Waals surface area contributed by atoms with Gasteiger partial charge in [-0.2, -0.15) is 0 Å².